The molecule has 0 radical (unpaired) electrons. The van der Waals surface area contributed by atoms with Gasteiger partial charge < -0.3 is 10.6 Å². The maximum Gasteiger partial charge on any atom is 0.0511 e. The average molecular weight is 345 g/mol. The van der Waals surface area contributed by atoms with Crippen molar-refractivity contribution in [3.63, 3.8) is 0 Å². The molecule has 1 heterocycles. The Labute approximate surface area is 135 Å². The zero-order valence-electron chi connectivity index (χ0n) is 12.3. The van der Waals surface area contributed by atoms with E-state index in [-0.39, 0.29) is 6.04 Å². The molecule has 0 saturated carbocycles. The van der Waals surface area contributed by atoms with Crippen LogP contribution in [0.5, 0.6) is 0 Å². The number of halogens is 1. The SMILES string of the molecule is C[C@H](N)c1ccc(N2CCC(c3ccccc3)C2)c(Br)c1. The first-order valence-electron chi connectivity index (χ1n) is 7.50. The number of benzene rings is 2. The summed E-state index contributed by atoms with van der Waals surface area (Å²) in [6.45, 7) is 4.21. The van der Waals surface area contributed by atoms with E-state index in [4.69, 9.17) is 5.73 Å². The first-order chi connectivity index (χ1) is 10.1. The van der Waals surface area contributed by atoms with Crippen molar-refractivity contribution in [2.24, 2.45) is 5.73 Å². The largest absolute Gasteiger partial charge is 0.370 e. The standard InChI is InChI=1S/C18H21BrN2/c1-13(20)15-7-8-18(17(19)11-15)21-10-9-16(12-21)14-5-3-2-4-6-14/h2-8,11,13,16H,9-10,12,20H2,1H3/t13-,16?/m0/s1. The Morgan fingerprint density at radius 3 is 2.62 bits per heavy atom. The molecule has 0 aliphatic carbocycles. The third kappa shape index (κ3) is 3.14. The molecule has 0 spiro atoms. The van der Waals surface area contributed by atoms with Crippen molar-refractivity contribution in [3.8, 4) is 0 Å². The van der Waals surface area contributed by atoms with Crippen LogP contribution in [-0.4, -0.2) is 13.1 Å². The third-order valence-corrected chi connectivity index (χ3v) is 4.93. The first kappa shape index (κ1) is 14.6. The molecule has 2 N–H and O–H groups in total. The predicted octanol–water partition coefficient (Wildman–Crippen LogP) is 4.46. The van der Waals surface area contributed by atoms with Crippen LogP contribution in [0, 0.1) is 0 Å². The summed E-state index contributed by atoms with van der Waals surface area (Å²) >= 11 is 3.70. The Kier molecular flexibility index (Phi) is 4.32. The van der Waals surface area contributed by atoms with Crippen LogP contribution in [0.2, 0.25) is 0 Å². The van der Waals surface area contributed by atoms with Crippen molar-refractivity contribution in [1.29, 1.82) is 0 Å². The molecule has 0 amide bonds. The Balaban J connectivity index is 1.77. The lowest BCUT2D eigenvalue weighted by Gasteiger charge is -2.21. The van der Waals surface area contributed by atoms with E-state index >= 15 is 0 Å². The Hall–Kier alpha value is -1.32. The van der Waals surface area contributed by atoms with Crippen LogP contribution in [0.25, 0.3) is 0 Å². The van der Waals surface area contributed by atoms with Crippen LogP contribution in [0.1, 0.15) is 36.4 Å². The number of hydrogen-bond donors (Lipinski definition) is 1. The summed E-state index contributed by atoms with van der Waals surface area (Å²) in [5.41, 5.74) is 9.84. The van der Waals surface area contributed by atoms with Gasteiger partial charge in [0.05, 0.1) is 5.69 Å². The lowest BCUT2D eigenvalue weighted by Crippen LogP contribution is -2.20. The van der Waals surface area contributed by atoms with Gasteiger partial charge in [0.2, 0.25) is 0 Å². The minimum absolute atomic E-state index is 0.0750. The summed E-state index contributed by atoms with van der Waals surface area (Å²) in [5.74, 6) is 0.631. The summed E-state index contributed by atoms with van der Waals surface area (Å²) < 4.78 is 1.14. The van der Waals surface area contributed by atoms with E-state index in [1.165, 1.54) is 23.2 Å². The second kappa shape index (κ2) is 6.20. The van der Waals surface area contributed by atoms with Crippen molar-refractivity contribution in [2.45, 2.75) is 25.3 Å². The Bertz CT molecular complexity index is 610. The van der Waals surface area contributed by atoms with Crippen molar-refractivity contribution in [3.05, 3.63) is 64.1 Å². The van der Waals surface area contributed by atoms with Gasteiger partial charge in [-0.1, -0.05) is 36.4 Å². The van der Waals surface area contributed by atoms with Crippen LogP contribution < -0.4 is 10.6 Å². The van der Waals surface area contributed by atoms with Gasteiger partial charge >= 0.3 is 0 Å². The smallest absolute Gasteiger partial charge is 0.0511 e. The van der Waals surface area contributed by atoms with E-state index in [0.717, 1.165) is 17.6 Å². The molecule has 1 unspecified atom stereocenters. The molecule has 0 bridgehead atoms. The molecule has 21 heavy (non-hydrogen) atoms. The number of anilines is 1. The minimum atomic E-state index is 0.0750. The van der Waals surface area contributed by atoms with E-state index in [1.54, 1.807) is 0 Å². The fourth-order valence-corrected chi connectivity index (χ4v) is 3.69. The number of rotatable bonds is 3. The van der Waals surface area contributed by atoms with Gasteiger partial charge in [-0.05, 0) is 52.5 Å². The van der Waals surface area contributed by atoms with E-state index in [9.17, 15) is 0 Å². The van der Waals surface area contributed by atoms with Gasteiger partial charge in [-0.3, -0.25) is 0 Å². The molecule has 1 saturated heterocycles. The van der Waals surface area contributed by atoms with Gasteiger partial charge in [0.15, 0.2) is 0 Å². The van der Waals surface area contributed by atoms with E-state index in [0.29, 0.717) is 5.92 Å². The molecular formula is C18H21BrN2. The summed E-state index contributed by atoms with van der Waals surface area (Å²) in [7, 11) is 0. The molecule has 3 heteroatoms. The molecule has 110 valence electrons. The summed E-state index contributed by atoms with van der Waals surface area (Å²) in [6.07, 6.45) is 1.21. The second-order valence-electron chi connectivity index (χ2n) is 5.84. The third-order valence-electron chi connectivity index (χ3n) is 4.30. The summed E-state index contributed by atoms with van der Waals surface area (Å²) in [4.78, 5) is 2.46. The first-order valence-corrected chi connectivity index (χ1v) is 8.29. The second-order valence-corrected chi connectivity index (χ2v) is 6.70. The van der Waals surface area contributed by atoms with Gasteiger partial charge in [0, 0.05) is 29.5 Å². The average Bonchev–Trinajstić information content (AvgIpc) is 2.97. The highest BCUT2D eigenvalue weighted by Gasteiger charge is 2.25. The minimum Gasteiger partial charge on any atom is -0.370 e. The van der Waals surface area contributed by atoms with Gasteiger partial charge in [-0.2, -0.15) is 0 Å². The van der Waals surface area contributed by atoms with Crippen LogP contribution >= 0.6 is 15.9 Å². The normalized spacial score (nSPS) is 19.8. The molecule has 3 rings (SSSR count). The van der Waals surface area contributed by atoms with Crippen molar-refractivity contribution < 1.29 is 0 Å². The van der Waals surface area contributed by atoms with Gasteiger partial charge in [0.1, 0.15) is 0 Å². The maximum atomic E-state index is 5.95. The topological polar surface area (TPSA) is 29.3 Å². The zero-order valence-corrected chi connectivity index (χ0v) is 13.9. The van der Waals surface area contributed by atoms with Gasteiger partial charge in [0.25, 0.3) is 0 Å². The molecule has 2 atom stereocenters. The fraction of sp³-hybridized carbons (Fsp3) is 0.333. The van der Waals surface area contributed by atoms with Crippen LogP contribution in [-0.2, 0) is 0 Å². The summed E-state index contributed by atoms with van der Waals surface area (Å²) in [5, 5.41) is 0. The van der Waals surface area contributed by atoms with E-state index < -0.39 is 0 Å². The molecular weight excluding hydrogens is 324 g/mol. The quantitative estimate of drug-likeness (QED) is 0.890. The molecule has 2 aromatic rings. The monoisotopic (exact) mass is 344 g/mol. The predicted molar refractivity (Wildman–Crippen MR) is 92.8 cm³/mol. The molecule has 1 aliphatic heterocycles. The van der Waals surface area contributed by atoms with Crippen LogP contribution in [0.4, 0.5) is 5.69 Å². The Morgan fingerprint density at radius 1 is 1.19 bits per heavy atom. The molecule has 1 fully saturated rings. The molecule has 2 aromatic carbocycles. The highest BCUT2D eigenvalue weighted by Crippen LogP contribution is 2.35. The van der Waals surface area contributed by atoms with Gasteiger partial charge in [-0.15, -0.1) is 0 Å². The highest BCUT2D eigenvalue weighted by atomic mass is 79.9. The van der Waals surface area contributed by atoms with E-state index in [2.05, 4.69) is 69.4 Å². The number of nitrogens with zero attached hydrogens (tertiary/aromatic N) is 1. The highest BCUT2D eigenvalue weighted by molar-refractivity contribution is 9.10. The van der Waals surface area contributed by atoms with Crippen molar-refractivity contribution >= 4 is 21.6 Å². The van der Waals surface area contributed by atoms with Crippen LogP contribution in [0.15, 0.2) is 53.0 Å². The van der Waals surface area contributed by atoms with Crippen molar-refractivity contribution in [1.82, 2.24) is 0 Å². The van der Waals surface area contributed by atoms with Crippen molar-refractivity contribution in [2.75, 3.05) is 18.0 Å². The molecule has 2 nitrogen and oxygen atoms in total. The fourth-order valence-electron chi connectivity index (χ4n) is 3.04. The zero-order chi connectivity index (χ0) is 14.8. The van der Waals surface area contributed by atoms with E-state index in [1.807, 2.05) is 6.92 Å². The van der Waals surface area contributed by atoms with Crippen LogP contribution in [0.3, 0.4) is 0 Å². The lowest BCUT2D eigenvalue weighted by molar-refractivity contribution is 0.775. The Morgan fingerprint density at radius 2 is 1.95 bits per heavy atom. The number of hydrogen-bond acceptors (Lipinski definition) is 2. The summed E-state index contributed by atoms with van der Waals surface area (Å²) in [6, 6.07) is 17.4. The number of nitrogens with two attached hydrogens (primary N) is 1. The van der Waals surface area contributed by atoms with Gasteiger partial charge in [-0.25, -0.2) is 0 Å². The maximum absolute atomic E-state index is 5.95. The lowest BCUT2D eigenvalue weighted by atomic mass is 9.99. The molecule has 0 aromatic heterocycles. The molecule has 1 aliphatic rings.